The summed E-state index contributed by atoms with van der Waals surface area (Å²) in [6.07, 6.45) is 2.92. The number of aliphatic hydroxyl groups excluding tert-OH is 1. The molecular weight excluding hydrogens is 390 g/mol. The summed E-state index contributed by atoms with van der Waals surface area (Å²) in [6, 6.07) is 4.18. The number of benzene rings is 1. The van der Waals surface area contributed by atoms with E-state index in [1.165, 1.54) is 13.8 Å². The first-order chi connectivity index (χ1) is 13.9. The molecule has 1 saturated heterocycles. The first-order valence-electron chi connectivity index (χ1n) is 9.51. The van der Waals surface area contributed by atoms with E-state index in [0.717, 1.165) is 10.5 Å². The highest BCUT2D eigenvalue weighted by atomic mass is 16.4. The standard InChI is InChI=1S/C21H27N3O6/c1-5-13-6-8-14(9-7-13)12(2)22-18(26)16-10-15(25)11-24(16)19(27)17(21(3,4)30)23-20(28)29/h1,6-9,12,15-17,23,25,30H,10-11H2,2-4H3,(H,22,26)(H,28,29)/t12-,15+,16-,17?/m0/s1. The first-order valence-corrected chi connectivity index (χ1v) is 9.51. The molecule has 0 bridgehead atoms. The Labute approximate surface area is 175 Å². The van der Waals surface area contributed by atoms with Crippen LogP contribution >= 0.6 is 0 Å². The Bertz CT molecular complexity index is 840. The number of hydrogen-bond acceptors (Lipinski definition) is 5. The number of aliphatic hydroxyl groups is 2. The number of nitrogens with zero attached hydrogens (tertiary/aromatic N) is 1. The molecule has 0 radical (unpaired) electrons. The van der Waals surface area contributed by atoms with Crippen molar-refractivity contribution in [3.63, 3.8) is 0 Å². The Kier molecular flexibility index (Phi) is 7.08. The summed E-state index contributed by atoms with van der Waals surface area (Å²) in [5.74, 6) is 1.24. The van der Waals surface area contributed by atoms with Crippen molar-refractivity contribution in [2.24, 2.45) is 0 Å². The quantitative estimate of drug-likeness (QED) is 0.420. The van der Waals surface area contributed by atoms with Gasteiger partial charge in [0, 0.05) is 18.5 Å². The van der Waals surface area contributed by atoms with Crippen LogP contribution < -0.4 is 10.6 Å². The molecule has 9 heteroatoms. The number of carbonyl (C=O) groups is 3. The Balaban J connectivity index is 2.17. The van der Waals surface area contributed by atoms with Crippen LogP contribution in [0.15, 0.2) is 24.3 Å². The number of carbonyl (C=O) groups excluding carboxylic acids is 2. The molecule has 1 aromatic carbocycles. The Hall–Kier alpha value is -3.09. The molecule has 5 N–H and O–H groups in total. The number of carboxylic acid groups (broad SMARTS) is 1. The van der Waals surface area contributed by atoms with Gasteiger partial charge in [0.1, 0.15) is 12.1 Å². The van der Waals surface area contributed by atoms with Crippen LogP contribution in [-0.2, 0) is 9.59 Å². The Morgan fingerprint density at radius 3 is 2.33 bits per heavy atom. The third kappa shape index (κ3) is 5.49. The van der Waals surface area contributed by atoms with Gasteiger partial charge in [-0.2, -0.15) is 0 Å². The molecule has 0 aliphatic carbocycles. The van der Waals surface area contributed by atoms with E-state index in [0.29, 0.717) is 5.56 Å². The van der Waals surface area contributed by atoms with Crippen LogP contribution in [0.5, 0.6) is 0 Å². The molecule has 1 unspecified atom stereocenters. The summed E-state index contributed by atoms with van der Waals surface area (Å²) in [4.78, 5) is 38.0. The van der Waals surface area contributed by atoms with Crippen molar-refractivity contribution in [2.75, 3.05) is 6.54 Å². The van der Waals surface area contributed by atoms with E-state index in [-0.39, 0.29) is 19.0 Å². The summed E-state index contributed by atoms with van der Waals surface area (Å²) >= 11 is 0. The Morgan fingerprint density at radius 2 is 1.83 bits per heavy atom. The van der Waals surface area contributed by atoms with Gasteiger partial charge in [-0.15, -0.1) is 6.42 Å². The summed E-state index contributed by atoms with van der Waals surface area (Å²) in [6.45, 7) is 4.20. The predicted molar refractivity (Wildman–Crippen MR) is 108 cm³/mol. The molecule has 1 aliphatic rings. The van der Waals surface area contributed by atoms with Gasteiger partial charge in [0.15, 0.2) is 0 Å². The lowest BCUT2D eigenvalue weighted by Gasteiger charge is -2.34. The third-order valence-electron chi connectivity index (χ3n) is 5.02. The summed E-state index contributed by atoms with van der Waals surface area (Å²) in [5.41, 5.74) is -0.201. The normalized spacial score (nSPS) is 20.7. The van der Waals surface area contributed by atoms with E-state index >= 15 is 0 Å². The maximum Gasteiger partial charge on any atom is 0.405 e. The molecular formula is C21H27N3O6. The molecule has 9 nitrogen and oxygen atoms in total. The van der Waals surface area contributed by atoms with Gasteiger partial charge in [-0.05, 0) is 38.5 Å². The van der Waals surface area contributed by atoms with E-state index in [1.807, 2.05) is 5.32 Å². The smallest absolute Gasteiger partial charge is 0.405 e. The van der Waals surface area contributed by atoms with E-state index in [1.54, 1.807) is 31.2 Å². The number of hydrogen-bond donors (Lipinski definition) is 5. The van der Waals surface area contributed by atoms with Crippen molar-refractivity contribution >= 4 is 17.9 Å². The average Bonchev–Trinajstić information content (AvgIpc) is 3.06. The van der Waals surface area contributed by atoms with Crippen LogP contribution in [0.4, 0.5) is 4.79 Å². The minimum Gasteiger partial charge on any atom is -0.465 e. The fourth-order valence-corrected chi connectivity index (χ4v) is 3.40. The van der Waals surface area contributed by atoms with Gasteiger partial charge in [-0.3, -0.25) is 9.59 Å². The van der Waals surface area contributed by atoms with Crippen LogP contribution in [0.3, 0.4) is 0 Å². The van der Waals surface area contributed by atoms with Crippen molar-refractivity contribution in [3.05, 3.63) is 35.4 Å². The second-order valence-electron chi connectivity index (χ2n) is 7.93. The van der Waals surface area contributed by atoms with Gasteiger partial charge < -0.3 is 30.9 Å². The van der Waals surface area contributed by atoms with Crippen molar-refractivity contribution in [2.45, 2.75) is 57.0 Å². The fraction of sp³-hybridized carbons (Fsp3) is 0.476. The monoisotopic (exact) mass is 417 g/mol. The number of amides is 3. The maximum absolute atomic E-state index is 12.9. The van der Waals surface area contributed by atoms with Gasteiger partial charge in [0.2, 0.25) is 11.8 Å². The zero-order chi connectivity index (χ0) is 22.6. The molecule has 2 rings (SSSR count). The Morgan fingerprint density at radius 1 is 1.23 bits per heavy atom. The third-order valence-corrected chi connectivity index (χ3v) is 5.02. The molecule has 1 fully saturated rings. The van der Waals surface area contributed by atoms with Crippen LogP contribution in [0.2, 0.25) is 0 Å². The molecule has 0 spiro atoms. The van der Waals surface area contributed by atoms with E-state index in [4.69, 9.17) is 11.5 Å². The van der Waals surface area contributed by atoms with Crippen LogP contribution in [-0.4, -0.2) is 68.5 Å². The number of terminal acetylenes is 1. The number of rotatable bonds is 6. The van der Waals surface area contributed by atoms with Crippen molar-refractivity contribution in [3.8, 4) is 12.3 Å². The molecule has 30 heavy (non-hydrogen) atoms. The van der Waals surface area contributed by atoms with Crippen molar-refractivity contribution in [1.29, 1.82) is 0 Å². The second kappa shape index (κ2) is 9.15. The minimum absolute atomic E-state index is 0.00593. The average molecular weight is 417 g/mol. The molecule has 1 aliphatic heterocycles. The summed E-state index contributed by atoms with van der Waals surface area (Å²) in [7, 11) is 0. The maximum atomic E-state index is 12.9. The van der Waals surface area contributed by atoms with Crippen molar-refractivity contribution in [1.82, 2.24) is 15.5 Å². The first kappa shape index (κ1) is 23.2. The highest BCUT2D eigenvalue weighted by molar-refractivity contribution is 5.92. The lowest BCUT2D eigenvalue weighted by Crippen LogP contribution is -2.60. The minimum atomic E-state index is -1.71. The second-order valence-corrected chi connectivity index (χ2v) is 7.93. The highest BCUT2D eigenvalue weighted by Gasteiger charge is 2.45. The van der Waals surface area contributed by atoms with E-state index in [2.05, 4.69) is 11.2 Å². The van der Waals surface area contributed by atoms with Gasteiger partial charge in [0.25, 0.3) is 0 Å². The van der Waals surface area contributed by atoms with Crippen molar-refractivity contribution < 1.29 is 29.7 Å². The molecule has 4 atom stereocenters. The topological polar surface area (TPSA) is 139 Å². The van der Waals surface area contributed by atoms with Crippen LogP contribution in [0, 0.1) is 12.3 Å². The SMILES string of the molecule is C#Cc1ccc([C@H](C)NC(=O)[C@@H]2C[C@@H](O)CN2C(=O)C(NC(=O)O)C(C)(C)O)cc1. The molecule has 1 aromatic rings. The predicted octanol–water partition coefficient (Wildman–Crippen LogP) is 0.214. The number of β-amino-alcohol motifs (C(OH)–C–C–N with tert-alkyl or cyclic N) is 1. The van der Waals surface area contributed by atoms with Gasteiger partial charge in [0.05, 0.1) is 17.7 Å². The lowest BCUT2D eigenvalue weighted by atomic mass is 9.97. The number of nitrogens with one attached hydrogen (secondary N) is 2. The van der Waals surface area contributed by atoms with E-state index in [9.17, 15) is 24.6 Å². The zero-order valence-electron chi connectivity index (χ0n) is 17.1. The zero-order valence-corrected chi connectivity index (χ0v) is 17.1. The molecule has 0 saturated carbocycles. The molecule has 162 valence electrons. The van der Waals surface area contributed by atoms with E-state index < -0.39 is 41.7 Å². The van der Waals surface area contributed by atoms with Crippen LogP contribution in [0.1, 0.15) is 44.4 Å². The summed E-state index contributed by atoms with van der Waals surface area (Å²) in [5, 5.41) is 34.1. The largest absolute Gasteiger partial charge is 0.465 e. The number of likely N-dealkylation sites (tertiary alicyclic amines) is 1. The highest BCUT2D eigenvalue weighted by Crippen LogP contribution is 2.23. The van der Waals surface area contributed by atoms with Gasteiger partial charge in [-0.1, -0.05) is 18.1 Å². The molecule has 0 aromatic heterocycles. The molecule has 3 amide bonds. The van der Waals surface area contributed by atoms with Gasteiger partial charge >= 0.3 is 6.09 Å². The lowest BCUT2D eigenvalue weighted by molar-refractivity contribution is -0.144. The van der Waals surface area contributed by atoms with Crippen LogP contribution in [0.25, 0.3) is 0 Å². The fourth-order valence-electron chi connectivity index (χ4n) is 3.40. The summed E-state index contributed by atoms with van der Waals surface area (Å²) < 4.78 is 0. The van der Waals surface area contributed by atoms with Gasteiger partial charge in [-0.25, -0.2) is 4.79 Å². The molecule has 1 heterocycles.